The smallest absolute Gasteiger partial charge is 0.0931 e. The second-order valence-electron chi connectivity index (χ2n) is 4.06. The summed E-state index contributed by atoms with van der Waals surface area (Å²) in [4.78, 5) is 1.07. The van der Waals surface area contributed by atoms with Crippen molar-refractivity contribution in [2.24, 2.45) is 0 Å². The van der Waals surface area contributed by atoms with E-state index in [1.807, 2.05) is 36.5 Å². The number of fused-ring (bicyclic) bond motifs is 1. The molecule has 0 aliphatic heterocycles. The number of halogens is 1. The first-order valence-electron chi connectivity index (χ1n) is 5.58. The van der Waals surface area contributed by atoms with E-state index in [-0.39, 0.29) is 0 Å². The highest BCUT2D eigenvalue weighted by atomic mass is 35.5. The fourth-order valence-corrected chi connectivity index (χ4v) is 3.10. The summed E-state index contributed by atoms with van der Waals surface area (Å²) in [6, 6.07) is 9.60. The second kappa shape index (κ2) is 4.72. The van der Waals surface area contributed by atoms with Gasteiger partial charge in [0.05, 0.1) is 22.2 Å². The molecule has 0 aliphatic rings. The Morgan fingerprint density at radius 2 is 2.22 bits per heavy atom. The molecule has 3 heterocycles. The normalized spacial score (nSPS) is 13.0. The molecule has 3 aromatic heterocycles. The first-order chi connectivity index (χ1) is 8.74. The zero-order valence-electron chi connectivity index (χ0n) is 9.45. The van der Waals surface area contributed by atoms with Crippen molar-refractivity contribution in [2.75, 3.05) is 0 Å². The van der Waals surface area contributed by atoms with E-state index in [1.54, 1.807) is 10.7 Å². The number of hydrogen-bond acceptors (Lipinski definition) is 3. The molecule has 0 fully saturated rings. The molecule has 1 atom stereocenters. The van der Waals surface area contributed by atoms with Gasteiger partial charge in [-0.1, -0.05) is 17.7 Å². The molecule has 3 aromatic rings. The van der Waals surface area contributed by atoms with Gasteiger partial charge in [0.2, 0.25) is 0 Å². The molecule has 3 nitrogen and oxygen atoms in total. The van der Waals surface area contributed by atoms with Crippen molar-refractivity contribution in [3.63, 3.8) is 0 Å². The van der Waals surface area contributed by atoms with Crippen molar-refractivity contribution < 1.29 is 5.11 Å². The number of aliphatic hydroxyl groups is 1. The van der Waals surface area contributed by atoms with Crippen molar-refractivity contribution in [3.8, 4) is 0 Å². The molecule has 0 aliphatic carbocycles. The predicted octanol–water partition coefficient (Wildman–Crippen LogP) is 3.33. The van der Waals surface area contributed by atoms with Crippen LogP contribution in [0.1, 0.15) is 16.5 Å². The number of aromatic nitrogens is 2. The molecule has 0 aromatic carbocycles. The number of nitrogens with zero attached hydrogens (tertiary/aromatic N) is 2. The maximum atomic E-state index is 10.3. The van der Waals surface area contributed by atoms with Gasteiger partial charge >= 0.3 is 0 Å². The monoisotopic (exact) mass is 278 g/mol. The largest absolute Gasteiger partial charge is 0.388 e. The van der Waals surface area contributed by atoms with Gasteiger partial charge in [0, 0.05) is 23.1 Å². The number of aliphatic hydroxyl groups excluding tert-OH is 1. The van der Waals surface area contributed by atoms with Crippen LogP contribution in [0.5, 0.6) is 0 Å². The third-order valence-corrected chi connectivity index (χ3v) is 4.09. The lowest BCUT2D eigenvalue weighted by Gasteiger charge is -2.07. The third kappa shape index (κ3) is 2.14. The van der Waals surface area contributed by atoms with Gasteiger partial charge in [-0.05, 0) is 24.3 Å². The number of hydrogen-bond donors (Lipinski definition) is 1. The molecular formula is C13H11ClN2OS. The Bertz CT molecular complexity index is 676. The van der Waals surface area contributed by atoms with Crippen LogP contribution in [0.2, 0.25) is 4.34 Å². The Kier molecular flexibility index (Phi) is 3.07. The van der Waals surface area contributed by atoms with E-state index in [0.717, 1.165) is 20.3 Å². The van der Waals surface area contributed by atoms with Gasteiger partial charge in [0.1, 0.15) is 0 Å². The van der Waals surface area contributed by atoms with Crippen LogP contribution in [-0.2, 0) is 6.42 Å². The lowest BCUT2D eigenvalue weighted by Crippen LogP contribution is -2.00. The molecule has 1 N–H and O–H groups in total. The minimum Gasteiger partial charge on any atom is -0.388 e. The van der Waals surface area contributed by atoms with E-state index in [4.69, 9.17) is 11.6 Å². The topological polar surface area (TPSA) is 37.5 Å². The van der Waals surface area contributed by atoms with Crippen molar-refractivity contribution in [1.29, 1.82) is 0 Å². The molecule has 1 unspecified atom stereocenters. The standard InChI is InChI=1S/C13H11ClN2OS/c14-13-5-4-9(18-13)7-12(17)10-8-15-16-6-2-1-3-11(10)16/h1-6,8,12,17H,7H2. The van der Waals surface area contributed by atoms with Crippen LogP contribution < -0.4 is 0 Å². The van der Waals surface area contributed by atoms with Gasteiger partial charge in [0.25, 0.3) is 0 Å². The van der Waals surface area contributed by atoms with Crippen LogP contribution in [0.4, 0.5) is 0 Å². The molecule has 0 spiro atoms. The molecule has 5 heteroatoms. The van der Waals surface area contributed by atoms with E-state index in [2.05, 4.69) is 5.10 Å². The second-order valence-corrected chi connectivity index (χ2v) is 5.86. The van der Waals surface area contributed by atoms with Crippen molar-refractivity contribution >= 4 is 28.5 Å². The van der Waals surface area contributed by atoms with Crippen molar-refractivity contribution in [2.45, 2.75) is 12.5 Å². The highest BCUT2D eigenvalue weighted by Crippen LogP contribution is 2.28. The summed E-state index contributed by atoms with van der Waals surface area (Å²) in [7, 11) is 0. The number of pyridine rings is 1. The van der Waals surface area contributed by atoms with Crippen LogP contribution in [0.15, 0.2) is 42.7 Å². The summed E-state index contributed by atoms with van der Waals surface area (Å²) in [5.41, 5.74) is 1.78. The van der Waals surface area contributed by atoms with Crippen LogP contribution in [0.3, 0.4) is 0 Å². The Labute approximate surface area is 113 Å². The molecule has 92 valence electrons. The van der Waals surface area contributed by atoms with Crippen LogP contribution >= 0.6 is 22.9 Å². The van der Waals surface area contributed by atoms with Gasteiger partial charge in [0.15, 0.2) is 0 Å². The van der Waals surface area contributed by atoms with Gasteiger partial charge in [-0.25, -0.2) is 4.52 Å². The summed E-state index contributed by atoms with van der Waals surface area (Å²) >= 11 is 7.38. The summed E-state index contributed by atoms with van der Waals surface area (Å²) < 4.78 is 2.51. The first-order valence-corrected chi connectivity index (χ1v) is 6.78. The van der Waals surface area contributed by atoms with Gasteiger partial charge in [-0.3, -0.25) is 0 Å². The summed E-state index contributed by atoms with van der Waals surface area (Å²) in [6.45, 7) is 0. The molecule has 0 radical (unpaired) electrons. The zero-order chi connectivity index (χ0) is 12.5. The average Bonchev–Trinajstić information content (AvgIpc) is 2.95. The Morgan fingerprint density at radius 3 is 3.00 bits per heavy atom. The average molecular weight is 279 g/mol. The Balaban J connectivity index is 1.90. The van der Waals surface area contributed by atoms with E-state index in [9.17, 15) is 5.11 Å². The highest BCUT2D eigenvalue weighted by molar-refractivity contribution is 7.16. The highest BCUT2D eigenvalue weighted by Gasteiger charge is 2.14. The minimum absolute atomic E-state index is 0.556. The fourth-order valence-electron chi connectivity index (χ4n) is 1.97. The van der Waals surface area contributed by atoms with Crippen LogP contribution in [-0.4, -0.2) is 14.7 Å². The molecular weight excluding hydrogens is 268 g/mol. The Morgan fingerprint density at radius 1 is 1.33 bits per heavy atom. The quantitative estimate of drug-likeness (QED) is 0.798. The van der Waals surface area contributed by atoms with Crippen LogP contribution in [0.25, 0.3) is 5.52 Å². The summed E-state index contributed by atoms with van der Waals surface area (Å²) in [5, 5.41) is 14.5. The fraction of sp³-hybridized carbons (Fsp3) is 0.154. The van der Waals surface area contributed by atoms with E-state index in [0.29, 0.717) is 6.42 Å². The molecule has 0 saturated heterocycles. The minimum atomic E-state index is -0.556. The predicted molar refractivity (Wildman–Crippen MR) is 73.2 cm³/mol. The van der Waals surface area contributed by atoms with E-state index >= 15 is 0 Å². The third-order valence-electron chi connectivity index (χ3n) is 2.84. The number of rotatable bonds is 3. The van der Waals surface area contributed by atoms with Gasteiger partial charge < -0.3 is 5.11 Å². The Hall–Kier alpha value is -1.36. The van der Waals surface area contributed by atoms with Gasteiger partial charge in [-0.2, -0.15) is 5.10 Å². The van der Waals surface area contributed by atoms with Crippen LogP contribution in [0, 0.1) is 0 Å². The summed E-state index contributed by atoms with van der Waals surface area (Å²) in [6.07, 6.45) is 3.59. The van der Waals surface area contributed by atoms with E-state index in [1.165, 1.54) is 11.3 Å². The molecule has 18 heavy (non-hydrogen) atoms. The lowest BCUT2D eigenvalue weighted by atomic mass is 10.1. The molecule has 3 rings (SSSR count). The molecule has 0 saturated carbocycles. The molecule has 0 amide bonds. The van der Waals surface area contributed by atoms with Crippen molar-refractivity contribution in [1.82, 2.24) is 9.61 Å². The zero-order valence-corrected chi connectivity index (χ0v) is 11.0. The SMILES string of the molecule is OC(Cc1ccc(Cl)s1)c1cnn2ccccc12. The van der Waals surface area contributed by atoms with Crippen molar-refractivity contribution in [3.05, 3.63) is 57.5 Å². The molecule has 0 bridgehead atoms. The maximum Gasteiger partial charge on any atom is 0.0931 e. The lowest BCUT2D eigenvalue weighted by molar-refractivity contribution is 0.181. The van der Waals surface area contributed by atoms with Gasteiger partial charge in [-0.15, -0.1) is 11.3 Å². The first kappa shape index (κ1) is 11.7. The number of thiophene rings is 1. The van der Waals surface area contributed by atoms with E-state index < -0.39 is 6.10 Å². The maximum absolute atomic E-state index is 10.3. The summed E-state index contributed by atoms with van der Waals surface area (Å²) in [5.74, 6) is 0.